The molecule has 1 aliphatic rings. The van der Waals surface area contributed by atoms with Gasteiger partial charge in [0.2, 0.25) is 0 Å². The van der Waals surface area contributed by atoms with Gasteiger partial charge in [0.1, 0.15) is 5.00 Å². The maximum absolute atomic E-state index is 11.5. The SMILES string of the molecule is Nc1sc2c(c1C(=O)O)CCCNC2=O. The van der Waals surface area contributed by atoms with E-state index in [0.29, 0.717) is 23.4 Å². The van der Waals surface area contributed by atoms with E-state index >= 15 is 0 Å². The number of nitrogens with one attached hydrogen (secondary N) is 1. The van der Waals surface area contributed by atoms with E-state index in [4.69, 9.17) is 10.8 Å². The van der Waals surface area contributed by atoms with E-state index in [1.165, 1.54) is 0 Å². The molecule has 0 bridgehead atoms. The van der Waals surface area contributed by atoms with Crippen molar-refractivity contribution in [2.75, 3.05) is 12.3 Å². The van der Waals surface area contributed by atoms with Crippen molar-refractivity contribution in [1.29, 1.82) is 0 Å². The second-order valence-corrected chi connectivity index (χ2v) is 4.37. The zero-order chi connectivity index (χ0) is 11.0. The summed E-state index contributed by atoms with van der Waals surface area (Å²) in [4.78, 5) is 23.0. The first-order valence-corrected chi connectivity index (χ1v) is 5.35. The molecule has 6 heteroatoms. The summed E-state index contributed by atoms with van der Waals surface area (Å²) in [5, 5.41) is 11.9. The Morgan fingerprint density at radius 2 is 2.27 bits per heavy atom. The number of carboxylic acids is 1. The Balaban J connectivity index is 2.59. The van der Waals surface area contributed by atoms with Crippen LogP contribution in [0.25, 0.3) is 0 Å². The molecule has 0 aromatic carbocycles. The quantitative estimate of drug-likeness (QED) is 0.657. The molecule has 2 heterocycles. The van der Waals surface area contributed by atoms with E-state index in [-0.39, 0.29) is 16.5 Å². The molecule has 0 aliphatic carbocycles. The first-order valence-electron chi connectivity index (χ1n) is 4.54. The van der Waals surface area contributed by atoms with Gasteiger partial charge in [0.15, 0.2) is 0 Å². The molecule has 1 aromatic heterocycles. The van der Waals surface area contributed by atoms with Gasteiger partial charge in [-0.25, -0.2) is 4.79 Å². The Labute approximate surface area is 89.9 Å². The summed E-state index contributed by atoms with van der Waals surface area (Å²) in [6.45, 7) is 0.583. The predicted molar refractivity (Wildman–Crippen MR) is 56.3 cm³/mol. The molecule has 4 N–H and O–H groups in total. The van der Waals surface area contributed by atoms with Crippen molar-refractivity contribution in [3.63, 3.8) is 0 Å². The molecule has 0 saturated heterocycles. The Kier molecular flexibility index (Phi) is 2.36. The lowest BCUT2D eigenvalue weighted by atomic mass is 10.1. The third-order valence-corrected chi connectivity index (χ3v) is 3.40. The highest BCUT2D eigenvalue weighted by atomic mass is 32.1. The van der Waals surface area contributed by atoms with E-state index in [9.17, 15) is 9.59 Å². The van der Waals surface area contributed by atoms with Crippen LogP contribution in [0.5, 0.6) is 0 Å². The predicted octanol–water partition coefficient (Wildman–Crippen LogP) is 0.705. The average Bonchev–Trinajstić information content (AvgIpc) is 2.40. The third kappa shape index (κ3) is 1.56. The van der Waals surface area contributed by atoms with Gasteiger partial charge >= 0.3 is 5.97 Å². The average molecular weight is 226 g/mol. The molecule has 0 fully saturated rings. The highest BCUT2D eigenvalue weighted by molar-refractivity contribution is 7.18. The first-order chi connectivity index (χ1) is 7.11. The monoisotopic (exact) mass is 226 g/mol. The fourth-order valence-corrected chi connectivity index (χ4v) is 2.71. The molecule has 0 atom stereocenters. The van der Waals surface area contributed by atoms with Crippen molar-refractivity contribution in [2.24, 2.45) is 0 Å². The Morgan fingerprint density at radius 1 is 1.53 bits per heavy atom. The molecule has 15 heavy (non-hydrogen) atoms. The smallest absolute Gasteiger partial charge is 0.339 e. The van der Waals surface area contributed by atoms with Gasteiger partial charge in [-0.15, -0.1) is 11.3 Å². The van der Waals surface area contributed by atoms with Crippen LogP contribution in [0.3, 0.4) is 0 Å². The van der Waals surface area contributed by atoms with Crippen molar-refractivity contribution >= 4 is 28.2 Å². The van der Waals surface area contributed by atoms with Gasteiger partial charge in [0, 0.05) is 6.54 Å². The van der Waals surface area contributed by atoms with Crippen LogP contribution < -0.4 is 11.1 Å². The van der Waals surface area contributed by atoms with Crippen LogP contribution in [-0.4, -0.2) is 23.5 Å². The fourth-order valence-electron chi connectivity index (χ4n) is 1.69. The van der Waals surface area contributed by atoms with Crippen LogP contribution in [0.1, 0.15) is 32.0 Å². The molecular weight excluding hydrogens is 216 g/mol. The van der Waals surface area contributed by atoms with Crippen LogP contribution >= 0.6 is 11.3 Å². The molecule has 0 saturated carbocycles. The Morgan fingerprint density at radius 3 is 2.93 bits per heavy atom. The normalized spacial score (nSPS) is 15.3. The largest absolute Gasteiger partial charge is 0.478 e. The second kappa shape index (κ2) is 3.54. The number of hydrogen-bond donors (Lipinski definition) is 3. The lowest BCUT2D eigenvalue weighted by Gasteiger charge is -1.98. The lowest BCUT2D eigenvalue weighted by molar-refractivity contribution is 0.0697. The summed E-state index contributed by atoms with van der Waals surface area (Å²) >= 11 is 1.05. The topological polar surface area (TPSA) is 92.4 Å². The first kappa shape index (κ1) is 9.97. The van der Waals surface area contributed by atoms with Gasteiger partial charge in [-0.3, -0.25) is 4.79 Å². The number of fused-ring (bicyclic) bond motifs is 1. The lowest BCUT2D eigenvalue weighted by Crippen LogP contribution is -2.21. The summed E-state index contributed by atoms with van der Waals surface area (Å²) in [6, 6.07) is 0. The molecule has 1 amide bonds. The third-order valence-electron chi connectivity index (χ3n) is 2.34. The molecule has 1 aromatic rings. The Bertz CT molecular complexity index is 439. The van der Waals surface area contributed by atoms with Crippen LogP contribution in [0.2, 0.25) is 0 Å². The number of anilines is 1. The van der Waals surface area contributed by atoms with Crippen molar-refractivity contribution in [2.45, 2.75) is 12.8 Å². The minimum absolute atomic E-state index is 0.104. The van der Waals surface area contributed by atoms with Gasteiger partial charge in [0.25, 0.3) is 5.91 Å². The number of rotatable bonds is 1. The summed E-state index contributed by atoms with van der Waals surface area (Å²) < 4.78 is 0. The zero-order valence-electron chi connectivity index (χ0n) is 7.87. The van der Waals surface area contributed by atoms with Crippen LogP contribution in [0.15, 0.2) is 0 Å². The number of carbonyl (C=O) groups excluding carboxylic acids is 1. The molecular formula is C9H10N2O3S. The molecule has 80 valence electrons. The van der Waals surface area contributed by atoms with Gasteiger partial charge in [0.05, 0.1) is 10.4 Å². The van der Waals surface area contributed by atoms with Crippen molar-refractivity contribution in [3.05, 3.63) is 16.0 Å². The number of aromatic carboxylic acids is 1. The molecule has 1 aliphatic heterocycles. The zero-order valence-corrected chi connectivity index (χ0v) is 8.69. The van der Waals surface area contributed by atoms with Gasteiger partial charge in [-0.1, -0.05) is 0 Å². The maximum atomic E-state index is 11.5. The van der Waals surface area contributed by atoms with Gasteiger partial charge < -0.3 is 16.2 Å². The van der Waals surface area contributed by atoms with Crippen LogP contribution in [0, 0.1) is 0 Å². The highest BCUT2D eigenvalue weighted by Crippen LogP contribution is 2.32. The maximum Gasteiger partial charge on any atom is 0.339 e. The number of thiophene rings is 1. The fraction of sp³-hybridized carbons (Fsp3) is 0.333. The van der Waals surface area contributed by atoms with E-state index in [0.717, 1.165) is 17.8 Å². The highest BCUT2D eigenvalue weighted by Gasteiger charge is 2.26. The number of nitrogens with two attached hydrogens (primary N) is 1. The standard InChI is InChI=1S/C9H10N2O3S/c10-7-5(9(13)14)4-2-1-3-11-8(12)6(4)15-7/h1-3,10H2,(H,11,12)(H,13,14). The molecule has 0 unspecified atom stereocenters. The summed E-state index contributed by atoms with van der Waals surface area (Å²) in [7, 11) is 0. The van der Waals surface area contributed by atoms with Crippen LogP contribution in [-0.2, 0) is 6.42 Å². The number of amides is 1. The minimum atomic E-state index is -1.06. The number of carbonyl (C=O) groups is 2. The summed E-state index contributed by atoms with van der Waals surface area (Å²) in [5.74, 6) is -1.27. The summed E-state index contributed by atoms with van der Waals surface area (Å²) in [5.41, 5.74) is 6.28. The van der Waals surface area contributed by atoms with Gasteiger partial charge in [-0.2, -0.15) is 0 Å². The van der Waals surface area contributed by atoms with Crippen molar-refractivity contribution in [1.82, 2.24) is 5.32 Å². The van der Waals surface area contributed by atoms with E-state index in [2.05, 4.69) is 5.32 Å². The van der Waals surface area contributed by atoms with E-state index < -0.39 is 5.97 Å². The molecule has 0 radical (unpaired) electrons. The number of carboxylic acid groups (broad SMARTS) is 1. The second-order valence-electron chi connectivity index (χ2n) is 3.31. The number of nitrogen functional groups attached to an aromatic ring is 1. The number of hydrogen-bond acceptors (Lipinski definition) is 4. The van der Waals surface area contributed by atoms with Crippen molar-refractivity contribution < 1.29 is 14.7 Å². The van der Waals surface area contributed by atoms with E-state index in [1.807, 2.05) is 0 Å². The van der Waals surface area contributed by atoms with Gasteiger partial charge in [-0.05, 0) is 18.4 Å². The molecule has 0 spiro atoms. The van der Waals surface area contributed by atoms with Crippen molar-refractivity contribution in [3.8, 4) is 0 Å². The van der Waals surface area contributed by atoms with Crippen LogP contribution in [0.4, 0.5) is 5.00 Å². The molecule has 5 nitrogen and oxygen atoms in total. The summed E-state index contributed by atoms with van der Waals surface area (Å²) in [6.07, 6.45) is 1.33. The Hall–Kier alpha value is -1.56. The minimum Gasteiger partial charge on any atom is -0.478 e. The van der Waals surface area contributed by atoms with E-state index in [1.54, 1.807) is 0 Å². The molecule has 2 rings (SSSR count).